The van der Waals surface area contributed by atoms with Crippen molar-refractivity contribution in [1.82, 2.24) is 0 Å². The Hall–Kier alpha value is -1.76. The van der Waals surface area contributed by atoms with Crippen molar-refractivity contribution in [2.75, 3.05) is 0 Å². The van der Waals surface area contributed by atoms with Gasteiger partial charge in [-0.1, -0.05) is 45.0 Å². The van der Waals surface area contributed by atoms with Crippen LogP contribution >= 0.6 is 0 Å². The third-order valence-corrected chi connectivity index (χ3v) is 3.47. The number of rotatable bonds is 5. The van der Waals surface area contributed by atoms with Crippen LogP contribution in [0.25, 0.3) is 0 Å². The third-order valence-electron chi connectivity index (χ3n) is 3.47. The first-order valence-corrected chi connectivity index (χ1v) is 7.15. The fraction of sp³-hybridized carbons (Fsp3) is 0.333. The summed E-state index contributed by atoms with van der Waals surface area (Å²) in [5.41, 5.74) is 3.98. The number of benzene rings is 2. The quantitative estimate of drug-likeness (QED) is 0.715. The highest BCUT2D eigenvalue weighted by Crippen LogP contribution is 2.27. The number of hydrogen-bond acceptors (Lipinski definition) is 1. The minimum atomic E-state index is 0.913. The second kappa shape index (κ2) is 6.42. The lowest BCUT2D eigenvalue weighted by molar-refractivity contribution is 0.476. The normalized spacial score (nSPS) is 10.5. The molecule has 2 rings (SSSR count). The van der Waals surface area contributed by atoms with E-state index in [0.29, 0.717) is 0 Å². The highest BCUT2D eigenvalue weighted by Gasteiger charge is 2.04. The highest BCUT2D eigenvalue weighted by atomic mass is 16.5. The molecule has 2 aromatic carbocycles. The van der Waals surface area contributed by atoms with Crippen molar-refractivity contribution in [2.45, 2.75) is 40.0 Å². The average Bonchev–Trinajstić information content (AvgIpc) is 2.48. The molecule has 0 aliphatic rings. The largest absolute Gasteiger partial charge is 0.457 e. The molecule has 100 valence electrons. The van der Waals surface area contributed by atoms with E-state index in [1.807, 2.05) is 12.1 Å². The molecule has 0 amide bonds. The minimum Gasteiger partial charge on any atom is -0.457 e. The van der Waals surface area contributed by atoms with Gasteiger partial charge < -0.3 is 4.74 Å². The molecule has 1 nitrogen and oxygen atoms in total. The Morgan fingerprint density at radius 1 is 0.737 bits per heavy atom. The summed E-state index contributed by atoms with van der Waals surface area (Å²) in [6.07, 6.45) is 3.13. The van der Waals surface area contributed by atoms with Crippen molar-refractivity contribution < 1.29 is 4.74 Å². The van der Waals surface area contributed by atoms with Gasteiger partial charge in [0.15, 0.2) is 0 Å². The number of ether oxygens (including phenoxy) is 1. The van der Waals surface area contributed by atoms with Crippen LogP contribution in [-0.4, -0.2) is 0 Å². The van der Waals surface area contributed by atoms with Crippen LogP contribution in [0.2, 0.25) is 0 Å². The van der Waals surface area contributed by atoms with Gasteiger partial charge in [0.05, 0.1) is 0 Å². The first-order chi connectivity index (χ1) is 9.26. The molecule has 0 bridgehead atoms. The molecule has 0 fully saturated rings. The van der Waals surface area contributed by atoms with Gasteiger partial charge in [0.25, 0.3) is 0 Å². The fourth-order valence-corrected chi connectivity index (χ4v) is 2.15. The molecule has 0 spiro atoms. The summed E-state index contributed by atoms with van der Waals surface area (Å²) in [7, 11) is 0. The van der Waals surface area contributed by atoms with E-state index in [2.05, 4.69) is 51.1 Å². The second-order valence-electron chi connectivity index (χ2n) is 4.75. The molecule has 0 saturated heterocycles. The molecule has 1 heteroatoms. The van der Waals surface area contributed by atoms with Crippen molar-refractivity contribution in [3.8, 4) is 11.5 Å². The van der Waals surface area contributed by atoms with Crippen LogP contribution in [-0.2, 0) is 19.3 Å². The Morgan fingerprint density at radius 2 is 1.37 bits per heavy atom. The molecule has 0 unspecified atom stereocenters. The van der Waals surface area contributed by atoms with Crippen LogP contribution in [0, 0.1) is 0 Å². The number of hydrogen-bond donors (Lipinski definition) is 0. The van der Waals surface area contributed by atoms with Gasteiger partial charge in [-0.15, -0.1) is 0 Å². The molecule has 0 saturated carbocycles. The van der Waals surface area contributed by atoms with E-state index in [0.717, 1.165) is 30.8 Å². The molecular weight excluding hydrogens is 232 g/mol. The van der Waals surface area contributed by atoms with Crippen LogP contribution in [0.15, 0.2) is 42.5 Å². The van der Waals surface area contributed by atoms with Crippen molar-refractivity contribution in [3.63, 3.8) is 0 Å². The lowest BCUT2D eigenvalue weighted by atomic mass is 10.1. The van der Waals surface area contributed by atoms with Crippen LogP contribution in [0.4, 0.5) is 0 Å². The van der Waals surface area contributed by atoms with E-state index in [-0.39, 0.29) is 0 Å². The fourth-order valence-electron chi connectivity index (χ4n) is 2.15. The molecule has 0 aliphatic heterocycles. The van der Waals surface area contributed by atoms with Gasteiger partial charge in [-0.25, -0.2) is 0 Å². The van der Waals surface area contributed by atoms with Crippen LogP contribution in [0.5, 0.6) is 11.5 Å². The molecule has 0 aromatic heterocycles. The maximum atomic E-state index is 6.00. The summed E-state index contributed by atoms with van der Waals surface area (Å²) in [4.78, 5) is 0. The molecule has 0 heterocycles. The van der Waals surface area contributed by atoms with E-state index in [4.69, 9.17) is 4.74 Å². The Bertz CT molecular complexity index is 526. The first kappa shape index (κ1) is 13.7. The summed E-state index contributed by atoms with van der Waals surface area (Å²) in [6, 6.07) is 14.8. The zero-order chi connectivity index (χ0) is 13.7. The van der Waals surface area contributed by atoms with E-state index < -0.39 is 0 Å². The zero-order valence-electron chi connectivity index (χ0n) is 12.1. The smallest absolute Gasteiger partial charge is 0.130 e. The topological polar surface area (TPSA) is 9.23 Å². The van der Waals surface area contributed by atoms with E-state index in [1.165, 1.54) is 16.7 Å². The zero-order valence-corrected chi connectivity index (χ0v) is 12.1. The van der Waals surface area contributed by atoms with Crippen molar-refractivity contribution >= 4 is 0 Å². The Balaban J connectivity index is 2.21. The molecule has 0 aliphatic carbocycles. The van der Waals surface area contributed by atoms with Gasteiger partial charge in [0.1, 0.15) is 11.5 Å². The maximum Gasteiger partial charge on any atom is 0.130 e. The number of aryl methyl sites for hydroxylation is 3. The Kier molecular flexibility index (Phi) is 4.62. The van der Waals surface area contributed by atoms with E-state index in [9.17, 15) is 0 Å². The lowest BCUT2D eigenvalue weighted by Crippen LogP contribution is -1.93. The van der Waals surface area contributed by atoms with Crippen molar-refractivity contribution in [2.24, 2.45) is 0 Å². The summed E-state index contributed by atoms with van der Waals surface area (Å²) in [5, 5.41) is 0. The summed E-state index contributed by atoms with van der Waals surface area (Å²) >= 11 is 0. The molecular formula is C18H22O. The molecule has 19 heavy (non-hydrogen) atoms. The predicted octanol–water partition coefficient (Wildman–Crippen LogP) is 5.17. The van der Waals surface area contributed by atoms with Gasteiger partial charge in [-0.05, 0) is 54.2 Å². The minimum absolute atomic E-state index is 0.913. The lowest BCUT2D eigenvalue weighted by Gasteiger charge is -2.12. The SMILES string of the molecule is CCc1ccc(Oc2ccc(CC)cc2CC)cc1. The Labute approximate surface area is 116 Å². The van der Waals surface area contributed by atoms with E-state index >= 15 is 0 Å². The first-order valence-electron chi connectivity index (χ1n) is 7.15. The van der Waals surface area contributed by atoms with Crippen LogP contribution < -0.4 is 4.74 Å². The molecule has 0 N–H and O–H groups in total. The average molecular weight is 254 g/mol. The summed E-state index contributed by atoms with van der Waals surface area (Å²) in [5.74, 6) is 1.89. The predicted molar refractivity (Wildman–Crippen MR) is 81.1 cm³/mol. The van der Waals surface area contributed by atoms with Crippen molar-refractivity contribution in [3.05, 3.63) is 59.2 Å². The maximum absolute atomic E-state index is 6.00. The van der Waals surface area contributed by atoms with E-state index in [1.54, 1.807) is 0 Å². The molecule has 0 radical (unpaired) electrons. The van der Waals surface area contributed by atoms with Gasteiger partial charge in [0.2, 0.25) is 0 Å². The standard InChI is InChI=1S/C18H22O/c1-4-14-7-10-17(11-8-14)19-18-12-9-15(5-2)13-16(18)6-3/h7-13H,4-6H2,1-3H3. The molecule has 2 aromatic rings. The summed E-state index contributed by atoms with van der Waals surface area (Å²) in [6.45, 7) is 6.51. The second-order valence-corrected chi connectivity index (χ2v) is 4.75. The van der Waals surface area contributed by atoms with Crippen molar-refractivity contribution in [1.29, 1.82) is 0 Å². The van der Waals surface area contributed by atoms with Crippen LogP contribution in [0.3, 0.4) is 0 Å². The highest BCUT2D eigenvalue weighted by molar-refractivity contribution is 5.41. The van der Waals surface area contributed by atoms with Gasteiger partial charge in [0, 0.05) is 0 Å². The van der Waals surface area contributed by atoms with Gasteiger partial charge >= 0.3 is 0 Å². The third kappa shape index (κ3) is 3.37. The van der Waals surface area contributed by atoms with Gasteiger partial charge in [-0.3, -0.25) is 0 Å². The molecule has 0 atom stereocenters. The van der Waals surface area contributed by atoms with Gasteiger partial charge in [-0.2, -0.15) is 0 Å². The van der Waals surface area contributed by atoms with Crippen LogP contribution in [0.1, 0.15) is 37.5 Å². The monoisotopic (exact) mass is 254 g/mol. The summed E-state index contributed by atoms with van der Waals surface area (Å²) < 4.78 is 6.00. The Morgan fingerprint density at radius 3 is 1.95 bits per heavy atom.